The average molecular weight is 324 g/mol. The lowest BCUT2D eigenvalue weighted by Gasteiger charge is -2.25. The second-order valence-electron chi connectivity index (χ2n) is 4.53. The Labute approximate surface area is 117 Å². The van der Waals surface area contributed by atoms with Crippen LogP contribution in [-0.4, -0.2) is 23.4 Å². The van der Waals surface area contributed by atoms with E-state index in [4.69, 9.17) is 10.7 Å². The van der Waals surface area contributed by atoms with Gasteiger partial charge in [-0.1, -0.05) is 18.6 Å². The van der Waals surface area contributed by atoms with E-state index in [0.29, 0.717) is 12.5 Å². The molecule has 0 amide bonds. The number of rotatable bonds is 5. The third-order valence-corrected chi connectivity index (χ3v) is 6.18. The molecule has 106 valence electrons. The SMILES string of the molecule is O=S(=O)(Cl)c1ccccc1S(=O)(=O)NCC1CCC1. The predicted molar refractivity (Wildman–Crippen MR) is 72.0 cm³/mol. The Morgan fingerprint density at radius 1 is 1.11 bits per heavy atom. The molecule has 1 saturated carbocycles. The molecular formula is C11H14ClNO4S2. The summed E-state index contributed by atoms with van der Waals surface area (Å²) in [6.45, 7) is 0.332. The van der Waals surface area contributed by atoms with Crippen LogP contribution in [0.1, 0.15) is 19.3 Å². The highest BCUT2D eigenvalue weighted by Gasteiger charge is 2.26. The van der Waals surface area contributed by atoms with Gasteiger partial charge >= 0.3 is 0 Å². The first-order valence-electron chi connectivity index (χ1n) is 5.84. The summed E-state index contributed by atoms with van der Waals surface area (Å²) in [5, 5.41) is 0. The van der Waals surface area contributed by atoms with E-state index in [1.807, 2.05) is 0 Å². The molecule has 1 fully saturated rings. The largest absolute Gasteiger partial charge is 0.262 e. The van der Waals surface area contributed by atoms with Crippen LogP contribution in [0, 0.1) is 5.92 Å². The molecule has 8 heteroatoms. The minimum Gasteiger partial charge on any atom is -0.211 e. The monoisotopic (exact) mass is 323 g/mol. The summed E-state index contributed by atoms with van der Waals surface area (Å²) in [5.74, 6) is 0.342. The third kappa shape index (κ3) is 3.47. The maximum Gasteiger partial charge on any atom is 0.262 e. The summed E-state index contributed by atoms with van der Waals surface area (Å²) in [6.07, 6.45) is 3.11. The molecule has 0 bridgehead atoms. The van der Waals surface area contributed by atoms with E-state index in [0.717, 1.165) is 19.3 Å². The Morgan fingerprint density at radius 2 is 1.68 bits per heavy atom. The highest BCUT2D eigenvalue weighted by molar-refractivity contribution is 8.14. The van der Waals surface area contributed by atoms with Gasteiger partial charge in [-0.2, -0.15) is 0 Å². The zero-order chi connectivity index (χ0) is 14.1. The average Bonchev–Trinajstić information content (AvgIpc) is 2.25. The molecule has 1 aliphatic carbocycles. The second-order valence-corrected chi connectivity index (χ2v) is 8.80. The quantitative estimate of drug-likeness (QED) is 0.836. The molecule has 1 aromatic rings. The van der Waals surface area contributed by atoms with Gasteiger partial charge in [-0.05, 0) is 30.9 Å². The smallest absolute Gasteiger partial charge is 0.211 e. The zero-order valence-electron chi connectivity index (χ0n) is 10.0. The molecule has 0 spiro atoms. The van der Waals surface area contributed by atoms with Crippen molar-refractivity contribution < 1.29 is 16.8 Å². The molecule has 0 radical (unpaired) electrons. The lowest BCUT2D eigenvalue weighted by Crippen LogP contribution is -2.32. The maximum atomic E-state index is 12.1. The van der Waals surface area contributed by atoms with Gasteiger partial charge in [-0.3, -0.25) is 0 Å². The van der Waals surface area contributed by atoms with E-state index in [-0.39, 0.29) is 4.90 Å². The van der Waals surface area contributed by atoms with E-state index in [1.54, 1.807) is 0 Å². The number of hydrogen-bond donors (Lipinski definition) is 1. The highest BCUT2D eigenvalue weighted by Crippen LogP contribution is 2.27. The number of benzene rings is 1. The zero-order valence-corrected chi connectivity index (χ0v) is 12.4. The Morgan fingerprint density at radius 3 is 2.16 bits per heavy atom. The van der Waals surface area contributed by atoms with Gasteiger partial charge in [0.2, 0.25) is 10.0 Å². The molecule has 0 unspecified atom stereocenters. The van der Waals surface area contributed by atoms with Crippen molar-refractivity contribution in [1.82, 2.24) is 4.72 Å². The van der Waals surface area contributed by atoms with Crippen LogP contribution in [-0.2, 0) is 19.1 Å². The van der Waals surface area contributed by atoms with E-state index >= 15 is 0 Å². The molecule has 0 aliphatic heterocycles. The van der Waals surface area contributed by atoms with Crippen LogP contribution in [0.25, 0.3) is 0 Å². The van der Waals surface area contributed by atoms with E-state index in [1.165, 1.54) is 24.3 Å². The molecule has 2 rings (SSSR count). The van der Waals surface area contributed by atoms with E-state index in [2.05, 4.69) is 4.72 Å². The molecule has 1 N–H and O–H groups in total. The van der Waals surface area contributed by atoms with Crippen LogP contribution in [0.5, 0.6) is 0 Å². The van der Waals surface area contributed by atoms with Crippen molar-refractivity contribution in [2.75, 3.05) is 6.54 Å². The van der Waals surface area contributed by atoms with Crippen molar-refractivity contribution in [3.63, 3.8) is 0 Å². The summed E-state index contributed by atoms with van der Waals surface area (Å²) in [7, 11) is -2.70. The van der Waals surface area contributed by atoms with Crippen LogP contribution >= 0.6 is 10.7 Å². The van der Waals surface area contributed by atoms with Crippen LogP contribution in [0.15, 0.2) is 34.1 Å². The predicted octanol–water partition coefficient (Wildman–Crippen LogP) is 1.69. The topological polar surface area (TPSA) is 80.3 Å². The van der Waals surface area contributed by atoms with Gasteiger partial charge in [0, 0.05) is 17.2 Å². The minimum atomic E-state index is -4.09. The number of halogens is 1. The summed E-state index contributed by atoms with van der Waals surface area (Å²) >= 11 is 0. The summed E-state index contributed by atoms with van der Waals surface area (Å²) in [5.41, 5.74) is 0. The molecule has 0 atom stereocenters. The molecule has 1 aromatic carbocycles. The lowest BCUT2D eigenvalue weighted by atomic mass is 9.86. The van der Waals surface area contributed by atoms with Gasteiger partial charge in [-0.15, -0.1) is 0 Å². The van der Waals surface area contributed by atoms with Crippen molar-refractivity contribution in [1.29, 1.82) is 0 Å². The van der Waals surface area contributed by atoms with Gasteiger partial charge in [0.15, 0.2) is 0 Å². The van der Waals surface area contributed by atoms with Crippen molar-refractivity contribution in [3.05, 3.63) is 24.3 Å². The molecule has 5 nitrogen and oxygen atoms in total. The van der Waals surface area contributed by atoms with Crippen LogP contribution < -0.4 is 4.72 Å². The Bertz CT molecular complexity index is 666. The first-order chi connectivity index (χ1) is 8.81. The first kappa shape index (κ1) is 14.8. The van der Waals surface area contributed by atoms with Gasteiger partial charge < -0.3 is 0 Å². The van der Waals surface area contributed by atoms with Crippen molar-refractivity contribution in [3.8, 4) is 0 Å². The van der Waals surface area contributed by atoms with E-state index in [9.17, 15) is 16.8 Å². The summed E-state index contributed by atoms with van der Waals surface area (Å²) in [6, 6.07) is 5.31. The van der Waals surface area contributed by atoms with Crippen LogP contribution in [0.2, 0.25) is 0 Å². The summed E-state index contributed by atoms with van der Waals surface area (Å²) in [4.78, 5) is -0.693. The number of hydrogen-bond acceptors (Lipinski definition) is 4. The van der Waals surface area contributed by atoms with Crippen molar-refractivity contribution in [2.24, 2.45) is 5.92 Å². The van der Waals surface area contributed by atoms with Crippen LogP contribution in [0.4, 0.5) is 0 Å². The minimum absolute atomic E-state index is 0.302. The van der Waals surface area contributed by atoms with Crippen molar-refractivity contribution in [2.45, 2.75) is 29.1 Å². The fourth-order valence-electron chi connectivity index (χ4n) is 1.88. The normalized spacial score (nSPS) is 17.1. The fraction of sp³-hybridized carbons (Fsp3) is 0.455. The first-order valence-corrected chi connectivity index (χ1v) is 9.63. The van der Waals surface area contributed by atoms with Crippen molar-refractivity contribution >= 4 is 29.8 Å². The molecule has 0 saturated heterocycles. The van der Waals surface area contributed by atoms with Crippen LogP contribution in [0.3, 0.4) is 0 Å². The fourth-order valence-corrected chi connectivity index (χ4v) is 4.83. The molecule has 19 heavy (non-hydrogen) atoms. The molecule has 1 aliphatic rings. The summed E-state index contributed by atoms with van der Waals surface area (Å²) < 4.78 is 49.4. The highest BCUT2D eigenvalue weighted by atomic mass is 35.7. The lowest BCUT2D eigenvalue weighted by molar-refractivity contribution is 0.316. The Kier molecular flexibility index (Phi) is 4.20. The molecular weight excluding hydrogens is 310 g/mol. The number of nitrogens with one attached hydrogen (secondary N) is 1. The maximum absolute atomic E-state index is 12.1. The van der Waals surface area contributed by atoms with Gasteiger partial charge in [0.05, 0.1) is 0 Å². The molecule has 0 aromatic heterocycles. The Balaban J connectivity index is 2.29. The van der Waals surface area contributed by atoms with E-state index < -0.39 is 24.0 Å². The third-order valence-electron chi connectivity index (χ3n) is 3.19. The van der Waals surface area contributed by atoms with Gasteiger partial charge in [-0.25, -0.2) is 21.6 Å². The second kappa shape index (κ2) is 5.40. The molecule has 0 heterocycles. The van der Waals surface area contributed by atoms with Gasteiger partial charge in [0.25, 0.3) is 9.05 Å². The number of sulfonamides is 1. The van der Waals surface area contributed by atoms with Gasteiger partial charge in [0.1, 0.15) is 9.79 Å². The Hall–Kier alpha value is -0.630. The standard InChI is InChI=1S/C11H14ClNO4S2/c12-18(14,15)10-6-1-2-7-11(10)19(16,17)13-8-9-4-3-5-9/h1-2,6-7,9,13H,3-5,8H2.